The van der Waals surface area contributed by atoms with E-state index in [0.29, 0.717) is 11.5 Å². The maximum Gasteiger partial charge on any atom is 0.226 e. The van der Waals surface area contributed by atoms with Crippen molar-refractivity contribution in [1.29, 1.82) is 0 Å². The molecule has 1 aliphatic rings. The molecule has 1 aromatic carbocycles. The van der Waals surface area contributed by atoms with Crippen molar-refractivity contribution in [3.8, 4) is 0 Å². The Morgan fingerprint density at radius 2 is 2.16 bits per heavy atom. The number of hydrogen-bond acceptors (Lipinski definition) is 2. The summed E-state index contributed by atoms with van der Waals surface area (Å²) in [7, 11) is 1.85. The van der Waals surface area contributed by atoms with E-state index in [1.54, 1.807) is 4.90 Å². The molecule has 1 amide bonds. The van der Waals surface area contributed by atoms with Crippen LogP contribution in [0, 0.1) is 11.3 Å². The van der Waals surface area contributed by atoms with Crippen LogP contribution in [0.4, 0.5) is 0 Å². The molecule has 4 heteroatoms. The highest BCUT2D eigenvalue weighted by Gasteiger charge is 2.51. The Morgan fingerprint density at radius 1 is 1.53 bits per heavy atom. The number of nitrogens with zero attached hydrogens (tertiary/aromatic N) is 1. The van der Waals surface area contributed by atoms with Crippen LogP contribution in [0.25, 0.3) is 0 Å². The third-order valence-corrected chi connectivity index (χ3v) is 4.05. The minimum Gasteiger partial charge on any atom is -0.389 e. The van der Waals surface area contributed by atoms with Gasteiger partial charge in [-0.25, -0.2) is 0 Å². The summed E-state index contributed by atoms with van der Waals surface area (Å²) < 4.78 is 0. The van der Waals surface area contributed by atoms with E-state index in [1.807, 2.05) is 31.3 Å². The van der Waals surface area contributed by atoms with Crippen LogP contribution in [0.2, 0.25) is 0 Å². The number of thiocarbonyl (C=S) groups is 1. The molecule has 0 spiro atoms. The first-order valence-corrected chi connectivity index (χ1v) is 6.86. The molecule has 1 atom stereocenters. The standard InChI is InChI=1S/C15H20N2OS/c1-15(2)8-12(15)14(18)17(3)9-10-5-4-6-11(7-10)13(16)19/h4-7,12H,8-9H2,1-3H3,(H2,16,19). The van der Waals surface area contributed by atoms with Crippen molar-refractivity contribution in [2.45, 2.75) is 26.8 Å². The van der Waals surface area contributed by atoms with Crippen molar-refractivity contribution in [2.75, 3.05) is 7.05 Å². The first kappa shape index (κ1) is 14.0. The number of amides is 1. The molecule has 102 valence electrons. The molecular weight excluding hydrogens is 256 g/mol. The largest absolute Gasteiger partial charge is 0.389 e. The minimum atomic E-state index is 0.173. The average Bonchev–Trinajstić information content (AvgIpc) is 2.97. The van der Waals surface area contributed by atoms with Crippen LogP contribution in [0.3, 0.4) is 0 Å². The van der Waals surface area contributed by atoms with E-state index in [-0.39, 0.29) is 17.2 Å². The van der Waals surface area contributed by atoms with E-state index >= 15 is 0 Å². The molecule has 0 saturated heterocycles. The van der Waals surface area contributed by atoms with E-state index in [1.165, 1.54) is 0 Å². The summed E-state index contributed by atoms with van der Waals surface area (Å²) in [6.45, 7) is 4.87. The van der Waals surface area contributed by atoms with Gasteiger partial charge in [0.15, 0.2) is 0 Å². The maximum absolute atomic E-state index is 12.2. The summed E-state index contributed by atoms with van der Waals surface area (Å²) in [5, 5.41) is 0. The zero-order valence-electron chi connectivity index (χ0n) is 11.6. The Morgan fingerprint density at radius 3 is 2.68 bits per heavy atom. The second kappa shape index (κ2) is 4.93. The lowest BCUT2D eigenvalue weighted by Crippen LogP contribution is -2.29. The van der Waals surface area contributed by atoms with Crippen molar-refractivity contribution >= 4 is 23.1 Å². The van der Waals surface area contributed by atoms with Crippen molar-refractivity contribution < 1.29 is 4.79 Å². The minimum absolute atomic E-state index is 0.173. The van der Waals surface area contributed by atoms with Gasteiger partial charge < -0.3 is 10.6 Å². The number of nitrogens with two attached hydrogens (primary N) is 1. The molecule has 1 unspecified atom stereocenters. The Kier molecular flexibility index (Phi) is 3.63. The molecule has 1 saturated carbocycles. The smallest absolute Gasteiger partial charge is 0.226 e. The van der Waals surface area contributed by atoms with E-state index in [2.05, 4.69) is 13.8 Å². The second-order valence-corrected chi connectivity index (χ2v) is 6.44. The zero-order valence-corrected chi connectivity index (χ0v) is 12.5. The molecule has 1 fully saturated rings. The highest BCUT2D eigenvalue weighted by Crippen LogP contribution is 2.52. The fourth-order valence-corrected chi connectivity index (χ4v) is 2.46. The van der Waals surface area contributed by atoms with Crippen LogP contribution in [-0.2, 0) is 11.3 Å². The fourth-order valence-electron chi connectivity index (χ4n) is 2.33. The summed E-state index contributed by atoms with van der Waals surface area (Å²) in [4.78, 5) is 14.4. The monoisotopic (exact) mass is 276 g/mol. The lowest BCUT2D eigenvalue weighted by atomic mass is 10.1. The van der Waals surface area contributed by atoms with Crippen molar-refractivity contribution in [2.24, 2.45) is 17.1 Å². The normalized spacial score (nSPS) is 19.8. The van der Waals surface area contributed by atoms with Crippen LogP contribution in [0.1, 0.15) is 31.4 Å². The lowest BCUT2D eigenvalue weighted by Gasteiger charge is -2.18. The van der Waals surface area contributed by atoms with Crippen LogP contribution < -0.4 is 5.73 Å². The van der Waals surface area contributed by atoms with Gasteiger partial charge >= 0.3 is 0 Å². The summed E-state index contributed by atoms with van der Waals surface area (Å²) >= 11 is 4.97. The molecule has 0 heterocycles. The van der Waals surface area contributed by atoms with Gasteiger partial charge in [-0.2, -0.15) is 0 Å². The predicted molar refractivity (Wildman–Crippen MR) is 80.7 cm³/mol. The average molecular weight is 276 g/mol. The molecule has 2 N–H and O–H groups in total. The van der Waals surface area contributed by atoms with Crippen LogP contribution in [0.5, 0.6) is 0 Å². The topological polar surface area (TPSA) is 46.3 Å². The Balaban J connectivity index is 2.03. The summed E-state index contributed by atoms with van der Waals surface area (Å²) in [6.07, 6.45) is 0.989. The third kappa shape index (κ3) is 3.13. The molecule has 2 rings (SSSR count). The molecule has 1 aromatic rings. The number of carbonyl (C=O) groups excluding carboxylic acids is 1. The number of carbonyl (C=O) groups is 1. The highest BCUT2D eigenvalue weighted by molar-refractivity contribution is 7.80. The quantitative estimate of drug-likeness (QED) is 0.859. The van der Waals surface area contributed by atoms with Gasteiger partial charge in [-0.1, -0.05) is 44.3 Å². The van der Waals surface area contributed by atoms with Gasteiger partial charge in [-0.15, -0.1) is 0 Å². The van der Waals surface area contributed by atoms with Gasteiger partial charge in [0.1, 0.15) is 4.99 Å². The summed E-state index contributed by atoms with van der Waals surface area (Å²) in [5.74, 6) is 0.405. The molecule has 0 radical (unpaired) electrons. The van der Waals surface area contributed by atoms with E-state index < -0.39 is 0 Å². The van der Waals surface area contributed by atoms with Crippen LogP contribution in [0.15, 0.2) is 24.3 Å². The molecule has 3 nitrogen and oxygen atoms in total. The Bertz CT molecular complexity index is 525. The van der Waals surface area contributed by atoms with Gasteiger partial charge in [0, 0.05) is 25.1 Å². The van der Waals surface area contributed by atoms with Gasteiger partial charge in [-0.3, -0.25) is 4.79 Å². The van der Waals surface area contributed by atoms with Gasteiger partial charge in [0.05, 0.1) is 0 Å². The summed E-state index contributed by atoms with van der Waals surface area (Å²) in [5.41, 5.74) is 7.69. The fraction of sp³-hybridized carbons (Fsp3) is 0.467. The third-order valence-electron chi connectivity index (χ3n) is 3.82. The van der Waals surface area contributed by atoms with Gasteiger partial charge in [-0.05, 0) is 23.5 Å². The molecule has 1 aliphatic carbocycles. The van der Waals surface area contributed by atoms with Crippen LogP contribution in [-0.4, -0.2) is 22.8 Å². The highest BCUT2D eigenvalue weighted by atomic mass is 32.1. The SMILES string of the molecule is CN(Cc1cccc(C(N)=S)c1)C(=O)C1CC1(C)C. The Labute approximate surface area is 119 Å². The molecule has 0 aromatic heterocycles. The first-order chi connectivity index (χ1) is 8.81. The zero-order chi connectivity index (χ0) is 14.2. The lowest BCUT2D eigenvalue weighted by molar-refractivity contribution is -0.132. The molecular formula is C15H20N2OS. The van der Waals surface area contributed by atoms with E-state index in [0.717, 1.165) is 17.5 Å². The van der Waals surface area contributed by atoms with Crippen LogP contribution >= 0.6 is 12.2 Å². The molecule has 0 bridgehead atoms. The van der Waals surface area contributed by atoms with E-state index in [9.17, 15) is 4.79 Å². The number of benzene rings is 1. The Hall–Kier alpha value is -1.42. The number of hydrogen-bond donors (Lipinski definition) is 1. The van der Waals surface area contributed by atoms with Crippen molar-refractivity contribution in [3.63, 3.8) is 0 Å². The maximum atomic E-state index is 12.2. The molecule has 0 aliphatic heterocycles. The van der Waals surface area contributed by atoms with Crippen molar-refractivity contribution in [3.05, 3.63) is 35.4 Å². The van der Waals surface area contributed by atoms with Crippen molar-refractivity contribution in [1.82, 2.24) is 4.90 Å². The molecule has 19 heavy (non-hydrogen) atoms. The summed E-state index contributed by atoms with van der Waals surface area (Å²) in [6, 6.07) is 7.74. The van der Waals surface area contributed by atoms with Gasteiger partial charge in [0.2, 0.25) is 5.91 Å². The second-order valence-electron chi connectivity index (χ2n) is 6.00. The first-order valence-electron chi connectivity index (χ1n) is 6.45. The number of rotatable bonds is 4. The van der Waals surface area contributed by atoms with Gasteiger partial charge in [0.25, 0.3) is 0 Å². The van der Waals surface area contributed by atoms with E-state index in [4.69, 9.17) is 18.0 Å². The predicted octanol–water partition coefficient (Wildman–Crippen LogP) is 2.33.